The predicted octanol–water partition coefficient (Wildman–Crippen LogP) is 6.83. The van der Waals surface area contributed by atoms with Gasteiger partial charge in [0.05, 0.1) is 3.57 Å². The first-order valence-electron chi connectivity index (χ1n) is 9.14. The van der Waals surface area contributed by atoms with Gasteiger partial charge in [-0.15, -0.1) is 0 Å². The van der Waals surface area contributed by atoms with Crippen molar-refractivity contribution in [1.82, 2.24) is 4.98 Å². The van der Waals surface area contributed by atoms with Crippen LogP contribution in [0.2, 0.25) is 0 Å². The summed E-state index contributed by atoms with van der Waals surface area (Å²) < 4.78 is 13.7. The number of carboxylic acid groups (broad SMARTS) is 1. The van der Waals surface area contributed by atoms with Gasteiger partial charge in [-0.1, -0.05) is 42.5 Å². The van der Waals surface area contributed by atoms with Crippen molar-refractivity contribution in [1.29, 1.82) is 0 Å². The summed E-state index contributed by atoms with van der Waals surface area (Å²) in [5, 5.41) is 10.1. The van der Waals surface area contributed by atoms with E-state index >= 15 is 0 Å². The highest BCUT2D eigenvalue weighted by Crippen LogP contribution is 2.35. The summed E-state index contributed by atoms with van der Waals surface area (Å²) in [6, 6.07) is 21.1. The van der Waals surface area contributed by atoms with E-state index in [1.807, 2.05) is 60.7 Å². The van der Waals surface area contributed by atoms with Crippen LogP contribution < -0.4 is 4.74 Å². The third-order valence-electron chi connectivity index (χ3n) is 4.23. The Bertz CT molecular complexity index is 1240. The molecule has 31 heavy (non-hydrogen) atoms. The highest BCUT2D eigenvalue weighted by Gasteiger charge is 2.17. The van der Waals surface area contributed by atoms with Gasteiger partial charge in [0.25, 0.3) is 5.22 Å². The van der Waals surface area contributed by atoms with E-state index in [0.29, 0.717) is 29.0 Å². The second kappa shape index (κ2) is 10.0. The Morgan fingerprint density at radius 1 is 1.10 bits per heavy atom. The molecule has 1 N–H and O–H groups in total. The van der Waals surface area contributed by atoms with Crippen LogP contribution in [0, 0.1) is 7.14 Å². The zero-order valence-corrected chi connectivity index (χ0v) is 21.1. The second-order valence-electron chi connectivity index (χ2n) is 6.44. The maximum atomic E-state index is 12.0. The van der Waals surface area contributed by atoms with Crippen LogP contribution in [-0.4, -0.2) is 16.1 Å². The van der Waals surface area contributed by atoms with Gasteiger partial charge in [-0.3, -0.25) is 0 Å². The van der Waals surface area contributed by atoms with Gasteiger partial charge < -0.3 is 14.3 Å². The van der Waals surface area contributed by atoms with Crippen LogP contribution in [0.25, 0.3) is 17.2 Å². The Labute approximate surface area is 210 Å². The summed E-state index contributed by atoms with van der Waals surface area (Å²) >= 11 is 5.39. The van der Waals surface area contributed by atoms with Crippen molar-refractivity contribution in [3.05, 3.63) is 89.9 Å². The minimum absolute atomic E-state index is 0.0916. The number of thioether (sulfide) groups is 1. The third-order valence-corrected chi connectivity index (χ3v) is 6.52. The number of carbonyl (C=O) groups is 1. The quantitative estimate of drug-likeness (QED) is 0.134. The molecule has 0 spiro atoms. The van der Waals surface area contributed by atoms with Gasteiger partial charge in [-0.2, -0.15) is 0 Å². The van der Waals surface area contributed by atoms with E-state index in [9.17, 15) is 9.90 Å². The number of aliphatic carboxylic acids is 1. The SMILES string of the molecule is O=C(O)/C(=C/c1cc(I)cc(I)c1OCc1ccccc1)Sc1nc2ccccc2o1. The number of aromatic nitrogens is 1. The molecule has 5 nitrogen and oxygen atoms in total. The fourth-order valence-electron chi connectivity index (χ4n) is 2.83. The molecule has 0 atom stereocenters. The molecule has 8 heteroatoms. The molecule has 1 heterocycles. The molecular weight excluding hydrogens is 640 g/mol. The van der Waals surface area contributed by atoms with E-state index in [-0.39, 0.29) is 10.1 Å². The monoisotopic (exact) mass is 655 g/mol. The first kappa shape index (κ1) is 22.2. The standard InChI is InChI=1S/C23H15I2NO4S/c24-16-10-15(21(17(25)12-16)29-13-14-6-2-1-3-7-14)11-20(22(27)28)31-23-26-18-8-4-5-9-19(18)30-23/h1-12H,13H2,(H,27,28)/b20-11-. The Morgan fingerprint density at radius 3 is 2.58 bits per heavy atom. The van der Waals surface area contributed by atoms with Crippen molar-refractivity contribution in [2.75, 3.05) is 0 Å². The van der Waals surface area contributed by atoms with Gasteiger partial charge in [-0.25, -0.2) is 9.78 Å². The van der Waals surface area contributed by atoms with Crippen LogP contribution in [0.3, 0.4) is 0 Å². The van der Waals surface area contributed by atoms with Gasteiger partial charge in [-0.05, 0) is 92.8 Å². The van der Waals surface area contributed by atoms with Gasteiger partial charge in [0.15, 0.2) is 5.58 Å². The average molecular weight is 655 g/mol. The summed E-state index contributed by atoms with van der Waals surface area (Å²) in [6.45, 7) is 0.388. The van der Waals surface area contributed by atoms with Crippen LogP contribution in [-0.2, 0) is 11.4 Å². The predicted molar refractivity (Wildman–Crippen MR) is 138 cm³/mol. The topological polar surface area (TPSA) is 72.6 Å². The molecule has 0 amide bonds. The molecule has 4 aromatic rings. The smallest absolute Gasteiger partial charge is 0.342 e. The number of halogens is 2. The number of hydrogen-bond acceptors (Lipinski definition) is 5. The highest BCUT2D eigenvalue weighted by atomic mass is 127. The maximum Gasteiger partial charge on any atom is 0.342 e. The molecule has 0 aliphatic rings. The zero-order chi connectivity index (χ0) is 21.8. The minimum Gasteiger partial charge on any atom is -0.487 e. The van der Waals surface area contributed by atoms with E-state index in [0.717, 1.165) is 24.5 Å². The summed E-state index contributed by atoms with van der Waals surface area (Å²) in [4.78, 5) is 16.4. The van der Waals surface area contributed by atoms with E-state index < -0.39 is 5.97 Å². The van der Waals surface area contributed by atoms with Gasteiger partial charge in [0.2, 0.25) is 0 Å². The second-order valence-corrected chi connectivity index (χ2v) is 9.84. The Morgan fingerprint density at radius 2 is 1.84 bits per heavy atom. The molecule has 0 fully saturated rings. The van der Waals surface area contributed by atoms with E-state index in [1.54, 1.807) is 12.1 Å². The largest absolute Gasteiger partial charge is 0.487 e. The molecular formula is C23H15I2NO4S. The molecule has 1 aromatic heterocycles. The molecule has 0 saturated heterocycles. The molecule has 0 unspecified atom stereocenters. The number of oxazole rings is 1. The molecule has 0 bridgehead atoms. The van der Waals surface area contributed by atoms with Crippen molar-refractivity contribution in [2.45, 2.75) is 11.8 Å². The van der Waals surface area contributed by atoms with Crippen LogP contribution in [0.4, 0.5) is 0 Å². The third kappa shape index (κ3) is 5.60. The van der Waals surface area contributed by atoms with Gasteiger partial charge in [0.1, 0.15) is 22.8 Å². The number of fused-ring (bicyclic) bond motifs is 1. The van der Waals surface area contributed by atoms with Crippen molar-refractivity contribution in [3.8, 4) is 5.75 Å². The number of benzene rings is 3. The summed E-state index contributed by atoms with van der Waals surface area (Å²) in [6.07, 6.45) is 1.60. The lowest BCUT2D eigenvalue weighted by Gasteiger charge is -2.13. The van der Waals surface area contributed by atoms with E-state index in [1.165, 1.54) is 0 Å². The number of rotatable bonds is 7. The molecule has 156 valence electrons. The minimum atomic E-state index is -1.06. The van der Waals surface area contributed by atoms with Crippen LogP contribution in [0.1, 0.15) is 11.1 Å². The lowest BCUT2D eigenvalue weighted by Crippen LogP contribution is -2.01. The molecule has 3 aromatic carbocycles. The fourth-order valence-corrected chi connectivity index (χ4v) is 5.62. The summed E-state index contributed by atoms with van der Waals surface area (Å²) in [5.74, 6) is -0.420. The normalized spacial score (nSPS) is 11.6. The fraction of sp³-hybridized carbons (Fsp3) is 0.0435. The first-order chi connectivity index (χ1) is 15.0. The van der Waals surface area contributed by atoms with Crippen molar-refractivity contribution in [2.24, 2.45) is 0 Å². The number of hydrogen-bond donors (Lipinski definition) is 1. The zero-order valence-electron chi connectivity index (χ0n) is 15.9. The maximum absolute atomic E-state index is 12.0. The van der Waals surface area contributed by atoms with Crippen molar-refractivity contribution in [3.63, 3.8) is 0 Å². The first-order valence-corrected chi connectivity index (χ1v) is 12.1. The van der Waals surface area contributed by atoms with Crippen LogP contribution in [0.5, 0.6) is 5.75 Å². The number of carboxylic acids is 1. The Hall–Kier alpha value is -2.05. The Balaban J connectivity index is 1.67. The van der Waals surface area contributed by atoms with E-state index in [4.69, 9.17) is 9.15 Å². The van der Waals surface area contributed by atoms with Gasteiger partial charge >= 0.3 is 5.97 Å². The lowest BCUT2D eigenvalue weighted by molar-refractivity contribution is -0.131. The number of ether oxygens (including phenoxy) is 1. The van der Waals surface area contributed by atoms with E-state index in [2.05, 4.69) is 50.2 Å². The summed E-state index contributed by atoms with van der Waals surface area (Å²) in [7, 11) is 0. The number of nitrogens with zero attached hydrogens (tertiary/aromatic N) is 1. The molecule has 4 rings (SSSR count). The average Bonchev–Trinajstić information content (AvgIpc) is 3.15. The van der Waals surface area contributed by atoms with Gasteiger partial charge in [0, 0.05) is 9.13 Å². The Kier molecular flexibility index (Phi) is 7.18. The molecule has 0 aliphatic heterocycles. The molecule has 0 aliphatic carbocycles. The van der Waals surface area contributed by atoms with Crippen LogP contribution in [0.15, 0.2) is 81.3 Å². The highest BCUT2D eigenvalue weighted by molar-refractivity contribution is 14.1. The van der Waals surface area contributed by atoms with Crippen molar-refractivity contribution < 1.29 is 19.1 Å². The van der Waals surface area contributed by atoms with Crippen LogP contribution >= 0.6 is 56.9 Å². The summed E-state index contributed by atoms with van der Waals surface area (Å²) in [5.41, 5.74) is 3.02. The molecule has 0 radical (unpaired) electrons. The molecule has 0 saturated carbocycles. The number of para-hydroxylation sites is 2. The van der Waals surface area contributed by atoms with Crippen molar-refractivity contribution >= 4 is 80.1 Å². The lowest BCUT2D eigenvalue weighted by atomic mass is 10.2.